The molecule has 0 aliphatic rings. The molecule has 3 atom stereocenters. The van der Waals surface area contributed by atoms with Crippen LogP contribution in [-0.4, -0.2) is 47.6 Å². The zero-order valence-corrected chi connectivity index (χ0v) is 29.6. The Balaban J connectivity index is 3.68. The molecule has 0 aliphatic carbocycles. The van der Waals surface area contributed by atoms with Gasteiger partial charge in [-0.3, -0.25) is 9.59 Å². The van der Waals surface area contributed by atoms with Crippen molar-refractivity contribution < 1.29 is 29.3 Å². The SMILES string of the molecule is CC/C=C\C/C=C\C/C=C\C/C=C\C=C\C(O)CCCC(=O)OC[C@@H](O)COC(=O)CCCCCCCCCCCCC(C)CC. The Morgan fingerprint density at radius 1 is 0.587 bits per heavy atom. The van der Waals surface area contributed by atoms with Crippen molar-refractivity contribution in [1.82, 2.24) is 0 Å². The third-order valence-electron chi connectivity index (χ3n) is 7.91. The fourth-order valence-corrected chi connectivity index (χ4v) is 4.74. The van der Waals surface area contributed by atoms with E-state index in [0.717, 1.165) is 50.9 Å². The fraction of sp³-hybridized carbons (Fsp3) is 0.700. The van der Waals surface area contributed by atoms with Gasteiger partial charge in [-0.25, -0.2) is 0 Å². The number of aliphatic hydroxyl groups excluding tert-OH is 2. The van der Waals surface area contributed by atoms with Crippen molar-refractivity contribution in [2.24, 2.45) is 5.92 Å². The van der Waals surface area contributed by atoms with Crippen molar-refractivity contribution in [3.05, 3.63) is 60.8 Å². The van der Waals surface area contributed by atoms with Crippen LogP contribution in [0.5, 0.6) is 0 Å². The number of unbranched alkanes of at least 4 members (excludes halogenated alkanes) is 9. The lowest BCUT2D eigenvalue weighted by Gasteiger charge is -2.12. The van der Waals surface area contributed by atoms with Gasteiger partial charge >= 0.3 is 11.9 Å². The highest BCUT2D eigenvalue weighted by Gasteiger charge is 2.12. The van der Waals surface area contributed by atoms with Gasteiger partial charge in [-0.1, -0.05) is 152 Å². The molecule has 0 bridgehead atoms. The van der Waals surface area contributed by atoms with E-state index in [-0.39, 0.29) is 25.6 Å². The Kier molecular flexibility index (Phi) is 32.1. The summed E-state index contributed by atoms with van der Waals surface area (Å²) in [4.78, 5) is 23.9. The third kappa shape index (κ3) is 32.9. The smallest absolute Gasteiger partial charge is 0.305 e. The summed E-state index contributed by atoms with van der Waals surface area (Å²) >= 11 is 0. The molecule has 0 amide bonds. The second kappa shape index (κ2) is 33.9. The fourth-order valence-electron chi connectivity index (χ4n) is 4.74. The number of carbonyl (C=O) groups excluding carboxylic acids is 2. The van der Waals surface area contributed by atoms with Crippen LogP contribution in [-0.2, 0) is 19.1 Å². The summed E-state index contributed by atoms with van der Waals surface area (Å²) in [6, 6.07) is 0. The molecule has 2 unspecified atom stereocenters. The zero-order valence-electron chi connectivity index (χ0n) is 29.6. The second-order valence-electron chi connectivity index (χ2n) is 12.4. The predicted molar refractivity (Wildman–Crippen MR) is 192 cm³/mol. The third-order valence-corrected chi connectivity index (χ3v) is 7.91. The van der Waals surface area contributed by atoms with Crippen LogP contribution in [0.1, 0.15) is 149 Å². The van der Waals surface area contributed by atoms with E-state index in [2.05, 4.69) is 57.2 Å². The van der Waals surface area contributed by atoms with E-state index < -0.39 is 18.2 Å². The summed E-state index contributed by atoms with van der Waals surface area (Å²) in [5.41, 5.74) is 0. The molecule has 46 heavy (non-hydrogen) atoms. The van der Waals surface area contributed by atoms with E-state index >= 15 is 0 Å². The van der Waals surface area contributed by atoms with E-state index in [9.17, 15) is 19.8 Å². The molecule has 264 valence electrons. The number of hydrogen-bond donors (Lipinski definition) is 2. The first kappa shape index (κ1) is 43.6. The van der Waals surface area contributed by atoms with Crippen molar-refractivity contribution in [3.63, 3.8) is 0 Å². The van der Waals surface area contributed by atoms with Gasteiger partial charge in [-0.15, -0.1) is 0 Å². The number of aliphatic hydroxyl groups is 2. The first-order valence-corrected chi connectivity index (χ1v) is 18.3. The van der Waals surface area contributed by atoms with Gasteiger partial charge in [0.2, 0.25) is 0 Å². The average molecular weight is 645 g/mol. The minimum atomic E-state index is -1.04. The maximum Gasteiger partial charge on any atom is 0.305 e. The van der Waals surface area contributed by atoms with E-state index in [4.69, 9.17) is 9.47 Å². The van der Waals surface area contributed by atoms with Gasteiger partial charge in [-0.2, -0.15) is 0 Å². The van der Waals surface area contributed by atoms with Crippen LogP contribution in [0.2, 0.25) is 0 Å². The molecular formula is C40H68O6. The van der Waals surface area contributed by atoms with Gasteiger partial charge in [0.05, 0.1) is 6.10 Å². The molecule has 0 saturated carbocycles. The van der Waals surface area contributed by atoms with Gasteiger partial charge in [0.1, 0.15) is 19.3 Å². The topological polar surface area (TPSA) is 93.1 Å². The van der Waals surface area contributed by atoms with Crippen LogP contribution >= 0.6 is 0 Å². The standard InChI is InChI=1S/C40H68O6/c1-4-6-7-8-9-10-11-12-13-17-20-23-26-30-37(41)31-28-33-40(44)46-35-38(42)34-45-39(43)32-27-24-21-18-15-14-16-19-22-25-29-36(3)5-2/h6-7,9-10,12-13,20,23,26,30,36-38,41-42H,4-5,8,11,14-19,21-22,24-25,27-29,31-35H2,1-3H3/b7-6-,10-9-,13-12-,23-20-,30-26+/t36?,37?,38-/m0/s1. The van der Waals surface area contributed by atoms with Crippen LogP contribution in [0.4, 0.5) is 0 Å². The normalized spacial score (nSPS) is 14.3. The number of rotatable bonds is 31. The first-order chi connectivity index (χ1) is 22.4. The van der Waals surface area contributed by atoms with Gasteiger partial charge < -0.3 is 19.7 Å². The molecule has 0 aromatic heterocycles. The molecule has 2 N–H and O–H groups in total. The summed E-state index contributed by atoms with van der Waals surface area (Å²) in [7, 11) is 0. The van der Waals surface area contributed by atoms with E-state index in [1.54, 1.807) is 6.08 Å². The minimum Gasteiger partial charge on any atom is -0.463 e. The molecule has 0 saturated heterocycles. The maximum absolute atomic E-state index is 11.9. The number of ether oxygens (including phenoxy) is 2. The predicted octanol–water partition coefficient (Wildman–Crippen LogP) is 10.1. The van der Waals surface area contributed by atoms with Crippen LogP contribution in [0.15, 0.2) is 60.8 Å². The van der Waals surface area contributed by atoms with Crippen LogP contribution in [0, 0.1) is 5.92 Å². The molecular weight excluding hydrogens is 576 g/mol. The van der Waals surface area contributed by atoms with Crippen molar-refractivity contribution in [2.75, 3.05) is 13.2 Å². The second-order valence-corrected chi connectivity index (χ2v) is 12.4. The van der Waals surface area contributed by atoms with Gasteiger partial charge in [0, 0.05) is 12.8 Å². The van der Waals surface area contributed by atoms with Gasteiger partial charge in [0.15, 0.2) is 0 Å². The molecule has 0 aliphatic heterocycles. The van der Waals surface area contributed by atoms with Crippen LogP contribution in [0.3, 0.4) is 0 Å². The van der Waals surface area contributed by atoms with Crippen molar-refractivity contribution in [3.8, 4) is 0 Å². The summed E-state index contributed by atoms with van der Waals surface area (Å²) in [5, 5.41) is 20.1. The lowest BCUT2D eigenvalue weighted by molar-refractivity contribution is -0.152. The first-order valence-electron chi connectivity index (χ1n) is 18.3. The number of esters is 2. The lowest BCUT2D eigenvalue weighted by Crippen LogP contribution is -2.25. The molecule has 6 nitrogen and oxygen atoms in total. The Morgan fingerprint density at radius 3 is 1.61 bits per heavy atom. The molecule has 6 heteroatoms. The number of carbonyl (C=O) groups is 2. The maximum atomic E-state index is 11.9. The summed E-state index contributed by atoms with van der Waals surface area (Å²) in [6.07, 6.45) is 38.7. The largest absolute Gasteiger partial charge is 0.463 e. The summed E-state index contributed by atoms with van der Waals surface area (Å²) < 4.78 is 10.2. The van der Waals surface area contributed by atoms with Gasteiger partial charge in [0.25, 0.3) is 0 Å². The zero-order chi connectivity index (χ0) is 33.9. The molecule has 0 radical (unpaired) electrons. The average Bonchev–Trinajstić information content (AvgIpc) is 3.05. The van der Waals surface area contributed by atoms with Gasteiger partial charge in [-0.05, 0) is 50.9 Å². The van der Waals surface area contributed by atoms with E-state index in [1.807, 2.05) is 18.2 Å². The highest BCUT2D eigenvalue weighted by Crippen LogP contribution is 2.15. The lowest BCUT2D eigenvalue weighted by atomic mass is 9.99. The Labute approximate surface area is 282 Å². The van der Waals surface area contributed by atoms with Crippen molar-refractivity contribution >= 4 is 11.9 Å². The Morgan fingerprint density at radius 2 is 1.07 bits per heavy atom. The highest BCUT2D eigenvalue weighted by atomic mass is 16.6. The summed E-state index contributed by atoms with van der Waals surface area (Å²) in [5.74, 6) is 0.101. The molecule has 0 spiro atoms. The number of hydrogen-bond acceptors (Lipinski definition) is 6. The van der Waals surface area contributed by atoms with Crippen molar-refractivity contribution in [2.45, 2.75) is 161 Å². The monoisotopic (exact) mass is 645 g/mol. The number of allylic oxidation sites excluding steroid dienone is 9. The van der Waals surface area contributed by atoms with Crippen LogP contribution in [0.25, 0.3) is 0 Å². The quantitative estimate of drug-likeness (QED) is 0.0338. The molecule has 0 fully saturated rings. The van der Waals surface area contributed by atoms with Crippen molar-refractivity contribution in [1.29, 1.82) is 0 Å². The molecule has 0 rings (SSSR count). The molecule has 0 heterocycles. The molecule has 0 aromatic rings. The van der Waals surface area contributed by atoms with E-state index in [1.165, 1.54) is 57.8 Å². The van der Waals surface area contributed by atoms with E-state index in [0.29, 0.717) is 19.3 Å². The highest BCUT2D eigenvalue weighted by molar-refractivity contribution is 5.69. The Hall–Kier alpha value is -2.44. The van der Waals surface area contributed by atoms with Crippen LogP contribution < -0.4 is 0 Å². The molecule has 0 aromatic carbocycles. The Bertz CT molecular complexity index is 856. The minimum absolute atomic E-state index is 0.153. The summed E-state index contributed by atoms with van der Waals surface area (Å²) in [6.45, 7) is 6.36.